The van der Waals surface area contributed by atoms with Crippen molar-refractivity contribution in [3.05, 3.63) is 72.1 Å². The fourth-order valence-corrected chi connectivity index (χ4v) is 3.85. The molecular formula is C21H16F2N4O2. The fourth-order valence-electron chi connectivity index (χ4n) is 3.85. The van der Waals surface area contributed by atoms with Crippen molar-refractivity contribution in [3.63, 3.8) is 0 Å². The number of pyridine rings is 1. The van der Waals surface area contributed by atoms with Crippen LogP contribution in [0.3, 0.4) is 0 Å². The van der Waals surface area contributed by atoms with Gasteiger partial charge in [-0.2, -0.15) is 0 Å². The number of carbonyl (C=O) groups is 1. The van der Waals surface area contributed by atoms with Gasteiger partial charge in [0.1, 0.15) is 17.2 Å². The number of hydrogen-bond acceptors (Lipinski definition) is 4. The van der Waals surface area contributed by atoms with Gasteiger partial charge in [0, 0.05) is 30.9 Å². The van der Waals surface area contributed by atoms with Crippen LogP contribution in [0, 0.1) is 11.6 Å². The zero-order chi connectivity index (χ0) is 20.0. The molecule has 0 spiro atoms. The molecule has 4 heterocycles. The largest absolute Gasteiger partial charge is 0.461 e. The second-order valence-electron chi connectivity index (χ2n) is 6.98. The van der Waals surface area contributed by atoms with E-state index in [9.17, 15) is 13.6 Å². The van der Waals surface area contributed by atoms with Gasteiger partial charge in [-0.25, -0.2) is 18.7 Å². The van der Waals surface area contributed by atoms with Gasteiger partial charge >= 0.3 is 0 Å². The van der Waals surface area contributed by atoms with Crippen LogP contribution >= 0.6 is 0 Å². The molecule has 1 saturated heterocycles. The standard InChI is InChI=1S/C21H16F2N4O2/c22-14-9-13(10-15(23)11-14)21(28)26-7-5-16(12-26)27-19-17(3-1-6-24-19)25-20(27)18-4-2-8-29-18/h1-4,6,8-11,16H,5,7,12H2/t16-/m0/s1. The highest BCUT2D eigenvalue weighted by atomic mass is 19.1. The smallest absolute Gasteiger partial charge is 0.254 e. The van der Waals surface area contributed by atoms with Gasteiger partial charge in [-0.3, -0.25) is 4.79 Å². The van der Waals surface area contributed by atoms with Gasteiger partial charge < -0.3 is 13.9 Å². The SMILES string of the molecule is O=C(c1cc(F)cc(F)c1)N1CC[C@H](n2c(-c3ccco3)nc3cccnc32)C1. The summed E-state index contributed by atoms with van der Waals surface area (Å²) < 4.78 is 34.6. The van der Waals surface area contributed by atoms with E-state index in [4.69, 9.17) is 4.42 Å². The van der Waals surface area contributed by atoms with E-state index in [1.165, 1.54) is 0 Å². The summed E-state index contributed by atoms with van der Waals surface area (Å²) in [7, 11) is 0. The van der Waals surface area contributed by atoms with Crippen LogP contribution in [0.4, 0.5) is 8.78 Å². The van der Waals surface area contributed by atoms with Crippen LogP contribution in [0.2, 0.25) is 0 Å². The molecule has 0 aliphatic carbocycles. The molecule has 146 valence electrons. The van der Waals surface area contributed by atoms with Crippen molar-refractivity contribution in [1.29, 1.82) is 0 Å². The van der Waals surface area contributed by atoms with Gasteiger partial charge in [-0.15, -0.1) is 0 Å². The molecule has 29 heavy (non-hydrogen) atoms. The second kappa shape index (κ2) is 6.80. The molecule has 5 rings (SSSR count). The number of rotatable bonds is 3. The maximum absolute atomic E-state index is 13.5. The van der Waals surface area contributed by atoms with Crippen LogP contribution in [-0.4, -0.2) is 38.4 Å². The van der Waals surface area contributed by atoms with Crippen molar-refractivity contribution in [2.45, 2.75) is 12.5 Å². The molecule has 1 fully saturated rings. The van der Waals surface area contributed by atoms with Gasteiger partial charge in [0.05, 0.1) is 12.3 Å². The number of nitrogens with zero attached hydrogens (tertiary/aromatic N) is 4. The monoisotopic (exact) mass is 394 g/mol. The van der Waals surface area contributed by atoms with Gasteiger partial charge in [0.2, 0.25) is 0 Å². The molecule has 0 saturated carbocycles. The topological polar surface area (TPSA) is 64.2 Å². The zero-order valence-electron chi connectivity index (χ0n) is 15.3. The number of likely N-dealkylation sites (tertiary alicyclic amines) is 1. The molecule has 0 bridgehead atoms. The lowest BCUT2D eigenvalue weighted by molar-refractivity contribution is 0.0787. The summed E-state index contributed by atoms with van der Waals surface area (Å²) in [5.41, 5.74) is 1.44. The van der Waals surface area contributed by atoms with Crippen LogP contribution in [0.5, 0.6) is 0 Å². The number of imidazole rings is 1. The predicted octanol–water partition coefficient (Wildman–Crippen LogP) is 4.06. The summed E-state index contributed by atoms with van der Waals surface area (Å²) in [5, 5.41) is 0. The minimum absolute atomic E-state index is 0.00280. The van der Waals surface area contributed by atoms with Crippen LogP contribution in [0.25, 0.3) is 22.7 Å². The minimum Gasteiger partial charge on any atom is -0.461 e. The highest BCUT2D eigenvalue weighted by Gasteiger charge is 2.32. The summed E-state index contributed by atoms with van der Waals surface area (Å²) in [6, 6.07) is 10.1. The van der Waals surface area contributed by atoms with Gasteiger partial charge in [0.25, 0.3) is 5.91 Å². The Labute approximate surface area is 164 Å². The van der Waals surface area contributed by atoms with Crippen molar-refractivity contribution < 1.29 is 18.0 Å². The zero-order valence-corrected chi connectivity index (χ0v) is 15.3. The van der Waals surface area contributed by atoms with Crippen molar-refractivity contribution >= 4 is 17.1 Å². The molecule has 0 unspecified atom stereocenters. The van der Waals surface area contributed by atoms with Crippen molar-refractivity contribution in [1.82, 2.24) is 19.4 Å². The molecule has 8 heteroatoms. The first-order valence-electron chi connectivity index (χ1n) is 9.22. The van der Waals surface area contributed by atoms with E-state index in [0.717, 1.165) is 23.7 Å². The Bertz CT molecular complexity index is 1180. The Morgan fingerprint density at radius 2 is 1.97 bits per heavy atom. The number of aromatic nitrogens is 3. The minimum atomic E-state index is -0.769. The Hall–Kier alpha value is -3.55. The van der Waals surface area contributed by atoms with E-state index in [2.05, 4.69) is 9.97 Å². The van der Waals surface area contributed by atoms with Crippen molar-refractivity contribution in [2.24, 2.45) is 0 Å². The van der Waals surface area contributed by atoms with Gasteiger partial charge in [-0.1, -0.05) is 0 Å². The van der Waals surface area contributed by atoms with E-state index < -0.39 is 17.5 Å². The third-order valence-corrected chi connectivity index (χ3v) is 5.12. The van der Waals surface area contributed by atoms with Crippen LogP contribution < -0.4 is 0 Å². The number of furan rings is 1. The summed E-state index contributed by atoms with van der Waals surface area (Å²) in [5.74, 6) is -0.689. The quantitative estimate of drug-likeness (QED) is 0.526. The summed E-state index contributed by atoms with van der Waals surface area (Å²) >= 11 is 0. The second-order valence-corrected chi connectivity index (χ2v) is 6.98. The molecule has 1 aromatic carbocycles. The number of hydrogen-bond donors (Lipinski definition) is 0. The molecule has 1 aliphatic rings. The Kier molecular flexibility index (Phi) is 4.12. The van der Waals surface area contributed by atoms with E-state index in [-0.39, 0.29) is 11.6 Å². The first kappa shape index (κ1) is 17.5. The Balaban J connectivity index is 1.49. The molecule has 0 radical (unpaired) electrons. The lowest BCUT2D eigenvalue weighted by atomic mass is 10.2. The maximum atomic E-state index is 13.5. The maximum Gasteiger partial charge on any atom is 0.254 e. The molecule has 3 aromatic heterocycles. The first-order chi connectivity index (χ1) is 14.1. The summed E-state index contributed by atoms with van der Waals surface area (Å²) in [6.45, 7) is 0.846. The highest BCUT2D eigenvalue weighted by molar-refractivity contribution is 5.94. The molecule has 6 nitrogen and oxygen atoms in total. The molecular weight excluding hydrogens is 378 g/mol. The predicted molar refractivity (Wildman–Crippen MR) is 101 cm³/mol. The molecule has 1 aliphatic heterocycles. The highest BCUT2D eigenvalue weighted by Crippen LogP contribution is 2.32. The van der Waals surface area contributed by atoms with E-state index in [1.807, 2.05) is 22.8 Å². The Morgan fingerprint density at radius 1 is 1.14 bits per heavy atom. The molecule has 1 amide bonds. The number of benzene rings is 1. The number of carbonyl (C=O) groups excluding carboxylic acids is 1. The molecule has 1 atom stereocenters. The van der Waals surface area contributed by atoms with Gasteiger partial charge in [0.15, 0.2) is 17.2 Å². The van der Waals surface area contributed by atoms with Crippen LogP contribution in [-0.2, 0) is 0 Å². The van der Waals surface area contributed by atoms with Crippen LogP contribution in [0.1, 0.15) is 22.8 Å². The lowest BCUT2D eigenvalue weighted by Gasteiger charge is -2.18. The fraction of sp³-hybridized carbons (Fsp3) is 0.190. The van der Waals surface area contributed by atoms with E-state index in [0.29, 0.717) is 36.7 Å². The van der Waals surface area contributed by atoms with Gasteiger partial charge in [-0.05, 0) is 42.8 Å². The molecule has 4 aromatic rings. The van der Waals surface area contributed by atoms with Crippen LogP contribution in [0.15, 0.2) is 59.3 Å². The van der Waals surface area contributed by atoms with E-state index in [1.54, 1.807) is 23.4 Å². The number of halogens is 2. The lowest BCUT2D eigenvalue weighted by Crippen LogP contribution is -2.29. The number of amides is 1. The average Bonchev–Trinajstić information content (AvgIpc) is 3.44. The summed E-state index contributed by atoms with van der Waals surface area (Å²) in [4.78, 5) is 23.5. The Morgan fingerprint density at radius 3 is 2.72 bits per heavy atom. The third-order valence-electron chi connectivity index (χ3n) is 5.12. The first-order valence-corrected chi connectivity index (χ1v) is 9.22. The van der Waals surface area contributed by atoms with Crippen molar-refractivity contribution in [3.8, 4) is 11.6 Å². The third kappa shape index (κ3) is 3.06. The normalized spacial score (nSPS) is 16.6. The van der Waals surface area contributed by atoms with E-state index >= 15 is 0 Å². The average molecular weight is 394 g/mol. The van der Waals surface area contributed by atoms with Crippen molar-refractivity contribution in [2.75, 3.05) is 13.1 Å². The summed E-state index contributed by atoms with van der Waals surface area (Å²) in [6.07, 6.45) is 3.94. The molecule has 0 N–H and O–H groups in total. The number of fused-ring (bicyclic) bond motifs is 1.